The summed E-state index contributed by atoms with van der Waals surface area (Å²) in [7, 11) is 0. The Balaban J connectivity index is 1.52. The Hall–Kier alpha value is -1.40. The topological polar surface area (TPSA) is 43.9 Å². The molecule has 1 unspecified atom stereocenters. The molecule has 3 heterocycles. The van der Waals surface area contributed by atoms with Crippen molar-refractivity contribution in [1.82, 2.24) is 14.7 Å². The van der Waals surface area contributed by atoms with Gasteiger partial charge in [-0.25, -0.2) is 0 Å². The van der Waals surface area contributed by atoms with E-state index < -0.39 is 0 Å². The molecular weight excluding hydrogens is 322 g/mol. The molecule has 0 aliphatic carbocycles. The SMILES string of the molecule is CC1CCCCN1C(=O)CN1CCCN(C(=O)c2cccs2)CC1. The van der Waals surface area contributed by atoms with Crippen LogP contribution in [0.4, 0.5) is 0 Å². The first kappa shape index (κ1) is 17.4. The fourth-order valence-electron chi connectivity index (χ4n) is 3.64. The Morgan fingerprint density at radius 1 is 1.12 bits per heavy atom. The molecular formula is C18H27N3O2S. The summed E-state index contributed by atoms with van der Waals surface area (Å²) in [6.45, 7) is 6.71. The Morgan fingerprint density at radius 2 is 2.00 bits per heavy atom. The summed E-state index contributed by atoms with van der Waals surface area (Å²) >= 11 is 1.50. The first-order chi connectivity index (χ1) is 11.6. The van der Waals surface area contributed by atoms with E-state index in [1.807, 2.05) is 27.3 Å². The van der Waals surface area contributed by atoms with E-state index in [2.05, 4.69) is 11.8 Å². The van der Waals surface area contributed by atoms with E-state index in [4.69, 9.17) is 0 Å². The predicted molar refractivity (Wildman–Crippen MR) is 96.3 cm³/mol. The van der Waals surface area contributed by atoms with Crippen LogP contribution in [0.5, 0.6) is 0 Å². The maximum absolute atomic E-state index is 12.6. The highest BCUT2D eigenvalue weighted by atomic mass is 32.1. The molecule has 1 aromatic rings. The first-order valence-electron chi connectivity index (χ1n) is 9.00. The van der Waals surface area contributed by atoms with Crippen LogP contribution in [-0.2, 0) is 4.79 Å². The van der Waals surface area contributed by atoms with Crippen LogP contribution < -0.4 is 0 Å². The number of carbonyl (C=O) groups excluding carboxylic acids is 2. The lowest BCUT2D eigenvalue weighted by Crippen LogP contribution is -2.47. The Bertz CT molecular complexity index is 561. The van der Waals surface area contributed by atoms with Crippen molar-refractivity contribution in [1.29, 1.82) is 0 Å². The van der Waals surface area contributed by atoms with E-state index in [1.165, 1.54) is 17.8 Å². The highest BCUT2D eigenvalue weighted by molar-refractivity contribution is 7.12. The smallest absolute Gasteiger partial charge is 0.263 e. The predicted octanol–water partition coefficient (Wildman–Crippen LogP) is 2.30. The number of carbonyl (C=O) groups is 2. The third kappa shape index (κ3) is 4.16. The number of hydrogen-bond donors (Lipinski definition) is 0. The molecule has 2 aliphatic rings. The highest BCUT2D eigenvalue weighted by Crippen LogP contribution is 2.17. The van der Waals surface area contributed by atoms with Gasteiger partial charge in [-0.3, -0.25) is 14.5 Å². The van der Waals surface area contributed by atoms with Crippen LogP contribution in [0.1, 0.15) is 42.3 Å². The molecule has 5 nitrogen and oxygen atoms in total. The van der Waals surface area contributed by atoms with Gasteiger partial charge in [0.1, 0.15) is 0 Å². The molecule has 0 saturated carbocycles. The van der Waals surface area contributed by atoms with Crippen LogP contribution in [0.2, 0.25) is 0 Å². The maximum Gasteiger partial charge on any atom is 0.263 e. The van der Waals surface area contributed by atoms with Gasteiger partial charge in [-0.1, -0.05) is 6.07 Å². The average Bonchev–Trinajstić information content (AvgIpc) is 3.02. The van der Waals surface area contributed by atoms with Gasteiger partial charge in [0.25, 0.3) is 5.91 Å². The molecule has 2 aliphatic heterocycles. The number of piperidine rings is 1. The van der Waals surface area contributed by atoms with E-state index in [1.54, 1.807) is 0 Å². The number of rotatable bonds is 3. The number of thiophene rings is 1. The Labute approximate surface area is 148 Å². The molecule has 1 atom stereocenters. The summed E-state index contributed by atoms with van der Waals surface area (Å²) in [6, 6.07) is 4.17. The summed E-state index contributed by atoms with van der Waals surface area (Å²) in [4.78, 5) is 32.1. The molecule has 1 aromatic heterocycles. The largest absolute Gasteiger partial charge is 0.339 e. The van der Waals surface area contributed by atoms with E-state index in [9.17, 15) is 9.59 Å². The van der Waals surface area contributed by atoms with Crippen molar-refractivity contribution in [3.05, 3.63) is 22.4 Å². The molecule has 0 bridgehead atoms. The van der Waals surface area contributed by atoms with Gasteiger partial charge in [0.2, 0.25) is 5.91 Å². The third-order valence-electron chi connectivity index (χ3n) is 5.09. The van der Waals surface area contributed by atoms with Crippen molar-refractivity contribution in [2.75, 3.05) is 39.3 Å². The lowest BCUT2D eigenvalue weighted by atomic mass is 10.0. The third-order valence-corrected chi connectivity index (χ3v) is 5.95. The summed E-state index contributed by atoms with van der Waals surface area (Å²) in [5.74, 6) is 0.378. The second kappa shape index (κ2) is 8.12. The first-order valence-corrected chi connectivity index (χ1v) is 9.88. The molecule has 3 rings (SSSR count). The molecule has 0 radical (unpaired) electrons. The molecule has 132 valence electrons. The van der Waals surface area contributed by atoms with Crippen LogP contribution in [0.25, 0.3) is 0 Å². The minimum atomic E-state index is 0.128. The van der Waals surface area contributed by atoms with Crippen LogP contribution >= 0.6 is 11.3 Å². The minimum absolute atomic E-state index is 0.128. The van der Waals surface area contributed by atoms with Gasteiger partial charge in [-0.2, -0.15) is 0 Å². The number of likely N-dealkylation sites (tertiary alicyclic amines) is 1. The van der Waals surface area contributed by atoms with Gasteiger partial charge in [0.15, 0.2) is 0 Å². The molecule has 0 aromatic carbocycles. The van der Waals surface area contributed by atoms with E-state index in [0.29, 0.717) is 19.1 Å². The fraction of sp³-hybridized carbons (Fsp3) is 0.667. The zero-order valence-electron chi connectivity index (χ0n) is 14.4. The van der Waals surface area contributed by atoms with Crippen LogP contribution in [0.3, 0.4) is 0 Å². The van der Waals surface area contributed by atoms with E-state index in [-0.39, 0.29) is 11.8 Å². The molecule has 2 fully saturated rings. The van der Waals surface area contributed by atoms with Crippen molar-refractivity contribution in [3.63, 3.8) is 0 Å². The number of nitrogens with zero attached hydrogens (tertiary/aromatic N) is 3. The van der Waals surface area contributed by atoms with Crippen molar-refractivity contribution in [2.24, 2.45) is 0 Å². The lowest BCUT2D eigenvalue weighted by Gasteiger charge is -2.35. The summed E-state index contributed by atoms with van der Waals surface area (Å²) in [6.07, 6.45) is 4.41. The number of amides is 2. The second-order valence-electron chi connectivity index (χ2n) is 6.83. The van der Waals surface area contributed by atoms with Crippen LogP contribution in [0, 0.1) is 0 Å². The van der Waals surface area contributed by atoms with Crippen molar-refractivity contribution in [3.8, 4) is 0 Å². The fourth-order valence-corrected chi connectivity index (χ4v) is 4.33. The van der Waals surface area contributed by atoms with E-state index in [0.717, 1.165) is 50.3 Å². The molecule has 2 saturated heterocycles. The maximum atomic E-state index is 12.6. The van der Waals surface area contributed by atoms with Gasteiger partial charge < -0.3 is 9.80 Å². The van der Waals surface area contributed by atoms with Crippen LogP contribution in [0.15, 0.2) is 17.5 Å². The molecule has 6 heteroatoms. The Morgan fingerprint density at radius 3 is 2.75 bits per heavy atom. The summed E-state index contributed by atoms with van der Waals surface area (Å²) in [5, 5.41) is 1.94. The average molecular weight is 350 g/mol. The highest BCUT2D eigenvalue weighted by Gasteiger charge is 2.26. The zero-order valence-corrected chi connectivity index (χ0v) is 15.3. The minimum Gasteiger partial charge on any atom is -0.339 e. The van der Waals surface area contributed by atoms with Crippen molar-refractivity contribution in [2.45, 2.75) is 38.6 Å². The van der Waals surface area contributed by atoms with Crippen LogP contribution in [-0.4, -0.2) is 71.8 Å². The quantitative estimate of drug-likeness (QED) is 0.841. The van der Waals surface area contributed by atoms with Gasteiger partial charge in [-0.05, 0) is 44.1 Å². The zero-order chi connectivity index (χ0) is 16.9. The van der Waals surface area contributed by atoms with Crippen molar-refractivity contribution < 1.29 is 9.59 Å². The second-order valence-corrected chi connectivity index (χ2v) is 7.78. The van der Waals surface area contributed by atoms with Gasteiger partial charge >= 0.3 is 0 Å². The molecule has 0 spiro atoms. The summed E-state index contributed by atoms with van der Waals surface area (Å²) < 4.78 is 0. The van der Waals surface area contributed by atoms with E-state index >= 15 is 0 Å². The standard InChI is InChI=1S/C18H27N3O2S/c1-15-6-2-3-10-21(15)17(22)14-19-8-5-9-20(12-11-19)18(23)16-7-4-13-24-16/h4,7,13,15H,2-3,5-6,8-12,14H2,1H3. The Kier molecular flexibility index (Phi) is 5.89. The molecule has 2 amide bonds. The molecule has 24 heavy (non-hydrogen) atoms. The monoisotopic (exact) mass is 349 g/mol. The van der Waals surface area contributed by atoms with Gasteiger partial charge in [-0.15, -0.1) is 11.3 Å². The summed E-state index contributed by atoms with van der Waals surface area (Å²) in [5.41, 5.74) is 0. The number of hydrogen-bond acceptors (Lipinski definition) is 4. The normalized spacial score (nSPS) is 23.1. The van der Waals surface area contributed by atoms with Gasteiger partial charge in [0.05, 0.1) is 11.4 Å². The van der Waals surface area contributed by atoms with Gasteiger partial charge in [0, 0.05) is 38.8 Å². The lowest BCUT2D eigenvalue weighted by molar-refractivity contribution is -0.135. The molecule has 0 N–H and O–H groups in total. The van der Waals surface area contributed by atoms with Crippen molar-refractivity contribution >= 4 is 23.2 Å².